The number of anilines is 1. The topological polar surface area (TPSA) is 37.8 Å². The molecule has 0 unspecified atom stereocenters. The van der Waals surface area contributed by atoms with E-state index in [0.717, 1.165) is 17.2 Å². The Bertz CT molecular complexity index is 775. The lowest BCUT2D eigenvalue weighted by Crippen LogP contribution is -2.19. The zero-order valence-corrected chi connectivity index (χ0v) is 12.8. The molecule has 0 atom stereocenters. The van der Waals surface area contributed by atoms with Gasteiger partial charge in [-0.05, 0) is 49.1 Å². The molecule has 0 saturated heterocycles. The Morgan fingerprint density at radius 1 is 1.19 bits per heavy atom. The van der Waals surface area contributed by atoms with Gasteiger partial charge in [0.05, 0.1) is 10.2 Å². The molecule has 3 nitrogen and oxygen atoms in total. The van der Waals surface area contributed by atoms with E-state index in [0.29, 0.717) is 0 Å². The summed E-state index contributed by atoms with van der Waals surface area (Å²) in [5.74, 6) is 0. The van der Waals surface area contributed by atoms with Gasteiger partial charge in [-0.3, -0.25) is 4.98 Å². The van der Waals surface area contributed by atoms with E-state index < -0.39 is 0 Å². The normalized spacial score (nSPS) is 16.0. The van der Waals surface area contributed by atoms with Crippen molar-refractivity contribution in [1.82, 2.24) is 9.97 Å². The van der Waals surface area contributed by atoms with Gasteiger partial charge in [0.15, 0.2) is 5.13 Å². The number of hydrogen-bond acceptors (Lipinski definition) is 4. The van der Waals surface area contributed by atoms with Crippen molar-refractivity contribution >= 4 is 26.7 Å². The summed E-state index contributed by atoms with van der Waals surface area (Å²) >= 11 is 1.75. The lowest BCUT2D eigenvalue weighted by Gasteiger charge is -2.15. The van der Waals surface area contributed by atoms with Crippen molar-refractivity contribution in [2.75, 3.05) is 11.9 Å². The van der Waals surface area contributed by atoms with Gasteiger partial charge in [0.2, 0.25) is 0 Å². The molecule has 1 saturated carbocycles. The minimum atomic E-state index is 0.288. The SMILES string of the molecule is Cc1cccc2nc(NCC3(c4ccncc4)CC3)sc12. The Hall–Kier alpha value is -1.94. The molecule has 0 amide bonds. The maximum atomic E-state index is 4.69. The fourth-order valence-corrected chi connectivity index (χ4v) is 3.76. The second kappa shape index (κ2) is 4.81. The van der Waals surface area contributed by atoms with Crippen LogP contribution in [0.15, 0.2) is 42.7 Å². The quantitative estimate of drug-likeness (QED) is 0.786. The number of hydrogen-bond donors (Lipinski definition) is 1. The summed E-state index contributed by atoms with van der Waals surface area (Å²) in [4.78, 5) is 8.81. The van der Waals surface area contributed by atoms with Gasteiger partial charge in [0.25, 0.3) is 0 Å². The number of thiazole rings is 1. The van der Waals surface area contributed by atoms with Gasteiger partial charge >= 0.3 is 0 Å². The lowest BCUT2D eigenvalue weighted by atomic mass is 9.97. The Labute approximate surface area is 128 Å². The molecule has 4 heteroatoms. The third kappa shape index (κ3) is 2.29. The number of aromatic nitrogens is 2. The third-order valence-corrected chi connectivity index (χ3v) is 5.50. The van der Waals surface area contributed by atoms with Crippen LogP contribution in [0.4, 0.5) is 5.13 Å². The second-order valence-corrected chi connectivity index (χ2v) is 6.81. The average molecular weight is 295 g/mol. The molecule has 4 rings (SSSR count). The van der Waals surface area contributed by atoms with Crippen LogP contribution < -0.4 is 5.32 Å². The summed E-state index contributed by atoms with van der Waals surface area (Å²) in [6.45, 7) is 3.10. The molecule has 106 valence electrons. The maximum Gasteiger partial charge on any atom is 0.183 e. The Morgan fingerprint density at radius 2 is 2.00 bits per heavy atom. The molecule has 0 bridgehead atoms. The van der Waals surface area contributed by atoms with Crippen LogP contribution >= 0.6 is 11.3 Å². The molecular formula is C17H17N3S. The Balaban J connectivity index is 1.55. The highest BCUT2D eigenvalue weighted by Crippen LogP contribution is 2.48. The zero-order valence-electron chi connectivity index (χ0n) is 12.0. The van der Waals surface area contributed by atoms with Crippen molar-refractivity contribution in [2.24, 2.45) is 0 Å². The van der Waals surface area contributed by atoms with E-state index in [-0.39, 0.29) is 5.41 Å². The Morgan fingerprint density at radius 3 is 2.71 bits per heavy atom. The van der Waals surface area contributed by atoms with E-state index >= 15 is 0 Å². The van der Waals surface area contributed by atoms with Crippen LogP contribution in [0.5, 0.6) is 0 Å². The standard InChI is InChI=1S/C17H17N3S/c1-12-3-2-4-14-15(12)21-16(20-14)19-11-17(7-8-17)13-5-9-18-10-6-13/h2-6,9-10H,7-8,11H2,1H3,(H,19,20). The third-order valence-electron chi connectivity index (χ3n) is 4.34. The summed E-state index contributed by atoms with van der Waals surface area (Å²) < 4.78 is 1.29. The monoisotopic (exact) mass is 295 g/mol. The number of aryl methyl sites for hydroxylation is 1. The fourth-order valence-electron chi connectivity index (χ4n) is 2.83. The van der Waals surface area contributed by atoms with Gasteiger partial charge in [-0.25, -0.2) is 4.98 Å². The molecule has 3 aromatic rings. The first-order valence-electron chi connectivity index (χ1n) is 7.27. The van der Waals surface area contributed by atoms with Crippen LogP contribution in [0.2, 0.25) is 0 Å². The molecule has 1 aliphatic carbocycles. The first-order chi connectivity index (χ1) is 10.3. The molecule has 0 radical (unpaired) electrons. The largest absolute Gasteiger partial charge is 0.361 e. The lowest BCUT2D eigenvalue weighted by molar-refractivity contribution is 0.730. The van der Waals surface area contributed by atoms with Gasteiger partial charge in [-0.15, -0.1) is 0 Å². The van der Waals surface area contributed by atoms with Crippen molar-refractivity contribution in [3.63, 3.8) is 0 Å². The molecule has 1 N–H and O–H groups in total. The maximum absolute atomic E-state index is 4.69. The van der Waals surface area contributed by atoms with Crippen LogP contribution in [0.25, 0.3) is 10.2 Å². The molecule has 2 heterocycles. The van der Waals surface area contributed by atoms with Crippen LogP contribution in [0, 0.1) is 6.92 Å². The van der Waals surface area contributed by atoms with Gasteiger partial charge in [0, 0.05) is 24.4 Å². The number of rotatable bonds is 4. The zero-order chi connectivity index (χ0) is 14.3. The smallest absolute Gasteiger partial charge is 0.183 e. The van der Waals surface area contributed by atoms with E-state index in [4.69, 9.17) is 4.98 Å². The van der Waals surface area contributed by atoms with Crippen molar-refractivity contribution in [1.29, 1.82) is 0 Å². The van der Waals surface area contributed by atoms with E-state index in [1.54, 1.807) is 11.3 Å². The van der Waals surface area contributed by atoms with E-state index in [1.807, 2.05) is 12.4 Å². The number of benzene rings is 1. The van der Waals surface area contributed by atoms with E-state index in [2.05, 4.69) is 47.6 Å². The number of nitrogens with one attached hydrogen (secondary N) is 1. The van der Waals surface area contributed by atoms with Crippen molar-refractivity contribution < 1.29 is 0 Å². The first-order valence-corrected chi connectivity index (χ1v) is 8.09. The van der Waals surface area contributed by atoms with Gasteiger partial charge in [-0.1, -0.05) is 23.5 Å². The van der Waals surface area contributed by atoms with Crippen LogP contribution in [0.1, 0.15) is 24.0 Å². The van der Waals surface area contributed by atoms with Gasteiger partial charge in [0.1, 0.15) is 0 Å². The number of pyridine rings is 1. The summed E-state index contributed by atoms with van der Waals surface area (Å²) in [5.41, 5.74) is 4.07. The van der Waals surface area contributed by atoms with Crippen molar-refractivity contribution in [3.8, 4) is 0 Å². The summed E-state index contributed by atoms with van der Waals surface area (Å²) in [7, 11) is 0. The average Bonchev–Trinajstić information content (AvgIpc) is 3.19. The van der Waals surface area contributed by atoms with Crippen molar-refractivity contribution in [2.45, 2.75) is 25.2 Å². The molecule has 1 fully saturated rings. The molecule has 0 aliphatic heterocycles. The van der Waals surface area contributed by atoms with E-state index in [1.165, 1.54) is 28.7 Å². The van der Waals surface area contributed by atoms with Gasteiger partial charge in [-0.2, -0.15) is 0 Å². The summed E-state index contributed by atoms with van der Waals surface area (Å²) in [5, 5.41) is 4.58. The first kappa shape index (κ1) is 12.8. The highest BCUT2D eigenvalue weighted by molar-refractivity contribution is 7.22. The summed E-state index contributed by atoms with van der Waals surface area (Å²) in [6, 6.07) is 10.6. The molecule has 2 aromatic heterocycles. The van der Waals surface area contributed by atoms with Crippen LogP contribution in [0.3, 0.4) is 0 Å². The second-order valence-electron chi connectivity index (χ2n) is 5.81. The fraction of sp³-hybridized carbons (Fsp3) is 0.294. The predicted molar refractivity (Wildman–Crippen MR) is 88.0 cm³/mol. The number of nitrogens with zero attached hydrogens (tertiary/aromatic N) is 2. The summed E-state index contributed by atoms with van der Waals surface area (Å²) in [6.07, 6.45) is 6.26. The minimum Gasteiger partial charge on any atom is -0.361 e. The molecular weight excluding hydrogens is 278 g/mol. The van der Waals surface area contributed by atoms with E-state index in [9.17, 15) is 0 Å². The van der Waals surface area contributed by atoms with Crippen LogP contribution in [-0.4, -0.2) is 16.5 Å². The predicted octanol–water partition coefficient (Wildman–Crippen LogP) is 4.14. The van der Waals surface area contributed by atoms with Crippen molar-refractivity contribution in [3.05, 3.63) is 53.9 Å². The highest BCUT2D eigenvalue weighted by Gasteiger charge is 2.44. The molecule has 21 heavy (non-hydrogen) atoms. The van der Waals surface area contributed by atoms with Gasteiger partial charge < -0.3 is 5.32 Å². The number of fused-ring (bicyclic) bond motifs is 1. The highest BCUT2D eigenvalue weighted by atomic mass is 32.1. The molecule has 1 aliphatic rings. The molecule has 1 aromatic carbocycles. The molecule has 0 spiro atoms. The minimum absolute atomic E-state index is 0.288. The van der Waals surface area contributed by atoms with Crippen LogP contribution in [-0.2, 0) is 5.41 Å². The Kier molecular flexibility index (Phi) is 2.93.